The molecule has 2 heterocycles. The summed E-state index contributed by atoms with van der Waals surface area (Å²) in [6.07, 6.45) is -3.06. The van der Waals surface area contributed by atoms with Gasteiger partial charge in [-0.3, -0.25) is 4.79 Å². The Kier molecular flexibility index (Phi) is 11.7. The Hall–Kier alpha value is -3.47. The Morgan fingerprint density at radius 1 is 0.712 bits per heavy atom. The Morgan fingerprint density at radius 3 is 1.71 bits per heavy atom. The van der Waals surface area contributed by atoms with Gasteiger partial charge in [0.2, 0.25) is 0 Å². The van der Waals surface area contributed by atoms with E-state index in [2.05, 4.69) is 70.3 Å². The molecule has 0 aromatic heterocycles. The minimum Gasteiger partial charge on any atom is -0.417 e. The van der Waals surface area contributed by atoms with Crippen molar-refractivity contribution in [3.8, 4) is 0 Å². The monoisotopic (exact) mass is 722 g/mol. The number of Topliss-reactive ketones (excluding diaryl/α,β-unsaturated/α-hetero) is 1. The molecule has 52 heavy (non-hydrogen) atoms. The van der Waals surface area contributed by atoms with Gasteiger partial charge in [0.25, 0.3) is 0 Å². The largest absolute Gasteiger partial charge is 0.417 e. The summed E-state index contributed by atoms with van der Waals surface area (Å²) in [5.74, 6) is -1.05. The van der Waals surface area contributed by atoms with E-state index >= 15 is 0 Å². The molecule has 276 valence electrons. The first-order chi connectivity index (χ1) is 24.8. The van der Waals surface area contributed by atoms with Gasteiger partial charge in [0.15, 0.2) is 19.9 Å². The molecule has 4 aromatic rings. The fourth-order valence-corrected chi connectivity index (χ4v) is 8.02. The van der Waals surface area contributed by atoms with Crippen molar-refractivity contribution in [3.05, 3.63) is 144 Å². The lowest BCUT2D eigenvalue weighted by atomic mass is 9.80. The molecule has 0 saturated carbocycles. The van der Waals surface area contributed by atoms with E-state index in [-0.39, 0.29) is 24.0 Å². The van der Waals surface area contributed by atoms with E-state index in [9.17, 15) is 4.79 Å². The number of benzene rings is 4. The highest BCUT2D eigenvalue weighted by atomic mass is 28.4. The van der Waals surface area contributed by atoms with Crippen molar-refractivity contribution in [1.82, 2.24) is 0 Å². The molecule has 0 N–H and O–H groups in total. The molecule has 0 spiro atoms. The summed E-state index contributed by atoms with van der Waals surface area (Å²) in [5, 5.41) is 0.0553. The molecule has 7 nitrogen and oxygen atoms in total. The van der Waals surface area contributed by atoms with Crippen LogP contribution in [0, 0.1) is 0 Å². The average molecular weight is 723 g/mol. The molecule has 2 aliphatic heterocycles. The normalized spacial score (nSPS) is 23.6. The minimum atomic E-state index is -2.02. The van der Waals surface area contributed by atoms with Crippen LogP contribution in [0.4, 0.5) is 0 Å². The van der Waals surface area contributed by atoms with Gasteiger partial charge < -0.3 is 28.1 Å². The maximum absolute atomic E-state index is 14.2. The molecular formula is C44H54O7Si. The maximum atomic E-state index is 14.2. The number of rotatable bonds is 14. The van der Waals surface area contributed by atoms with Crippen molar-refractivity contribution in [3.63, 3.8) is 0 Å². The highest BCUT2D eigenvalue weighted by Gasteiger charge is 2.56. The van der Waals surface area contributed by atoms with Crippen molar-refractivity contribution >= 4 is 14.1 Å². The molecule has 2 fully saturated rings. The van der Waals surface area contributed by atoms with Crippen molar-refractivity contribution in [1.29, 1.82) is 0 Å². The molecule has 0 unspecified atom stereocenters. The Labute approximate surface area is 310 Å². The van der Waals surface area contributed by atoms with E-state index < -0.39 is 50.2 Å². The van der Waals surface area contributed by atoms with E-state index in [1.54, 1.807) is 0 Å². The molecule has 2 aliphatic rings. The Morgan fingerprint density at radius 2 is 1.21 bits per heavy atom. The fraction of sp³-hybridized carbons (Fsp3) is 0.432. The molecule has 6 rings (SSSR count). The second-order valence-electron chi connectivity index (χ2n) is 15.8. The van der Waals surface area contributed by atoms with E-state index in [0.29, 0.717) is 13.0 Å². The first-order valence-corrected chi connectivity index (χ1v) is 21.4. The van der Waals surface area contributed by atoms with Gasteiger partial charge in [0.1, 0.15) is 36.1 Å². The van der Waals surface area contributed by atoms with Crippen LogP contribution >= 0.6 is 0 Å². The van der Waals surface area contributed by atoms with Gasteiger partial charge in [-0.05, 0) is 54.2 Å². The van der Waals surface area contributed by atoms with Crippen molar-refractivity contribution in [2.75, 3.05) is 13.2 Å². The zero-order chi connectivity index (χ0) is 37.0. The Bertz CT molecular complexity index is 1630. The van der Waals surface area contributed by atoms with Gasteiger partial charge in [-0.25, -0.2) is 0 Å². The topological polar surface area (TPSA) is 72.5 Å². The SMILES string of the molecule is CC1(C)O[C@H]([C@@H]2O[C@H](CCO[Si](C)(C)C(C)(C)C)C(=O)[C@@H]2OCc2ccccc2)[C@H](COC(c2ccccc2)(c2ccccc2)c2ccccc2)O1. The number of carbonyl (C=O) groups is 1. The molecule has 0 bridgehead atoms. The van der Waals surface area contributed by atoms with Crippen LogP contribution in [0.3, 0.4) is 0 Å². The van der Waals surface area contributed by atoms with Crippen LogP contribution in [0.5, 0.6) is 0 Å². The first-order valence-electron chi connectivity index (χ1n) is 18.5. The third-order valence-electron chi connectivity index (χ3n) is 10.7. The number of ether oxygens (including phenoxy) is 5. The second-order valence-corrected chi connectivity index (χ2v) is 20.6. The van der Waals surface area contributed by atoms with Crippen LogP contribution in [0.1, 0.15) is 63.3 Å². The third-order valence-corrected chi connectivity index (χ3v) is 15.2. The summed E-state index contributed by atoms with van der Waals surface area (Å²) in [6.45, 7) is 15.7. The van der Waals surface area contributed by atoms with Crippen molar-refractivity contribution in [2.45, 2.75) is 108 Å². The van der Waals surface area contributed by atoms with Crippen LogP contribution in [0.15, 0.2) is 121 Å². The summed E-state index contributed by atoms with van der Waals surface area (Å²) < 4.78 is 40.0. The maximum Gasteiger partial charge on any atom is 0.193 e. The lowest BCUT2D eigenvalue weighted by molar-refractivity contribution is -0.168. The van der Waals surface area contributed by atoms with Crippen molar-refractivity contribution in [2.24, 2.45) is 0 Å². The summed E-state index contributed by atoms with van der Waals surface area (Å²) in [7, 11) is -2.02. The quantitative estimate of drug-likeness (QED) is 0.0952. The molecule has 5 atom stereocenters. The molecule has 0 aliphatic carbocycles. The van der Waals surface area contributed by atoms with E-state index in [0.717, 1.165) is 22.3 Å². The summed E-state index contributed by atoms with van der Waals surface area (Å²) in [4.78, 5) is 14.2. The fourth-order valence-electron chi connectivity index (χ4n) is 6.95. The summed E-state index contributed by atoms with van der Waals surface area (Å²) in [5.41, 5.74) is 2.98. The minimum absolute atomic E-state index is 0.0553. The molecule has 0 radical (unpaired) electrons. The predicted octanol–water partition coefficient (Wildman–Crippen LogP) is 8.85. The van der Waals surface area contributed by atoms with Crippen molar-refractivity contribution < 1.29 is 32.9 Å². The number of carbonyl (C=O) groups excluding carboxylic acids is 1. The summed E-state index contributed by atoms with van der Waals surface area (Å²) >= 11 is 0. The van der Waals surface area contributed by atoms with Gasteiger partial charge >= 0.3 is 0 Å². The third kappa shape index (κ3) is 8.34. The molecule has 2 saturated heterocycles. The smallest absolute Gasteiger partial charge is 0.193 e. The van der Waals surface area contributed by atoms with Crippen LogP contribution in [0.2, 0.25) is 18.1 Å². The molecular weight excluding hydrogens is 669 g/mol. The molecule has 4 aromatic carbocycles. The van der Waals surface area contributed by atoms with Crippen LogP contribution in [0.25, 0.3) is 0 Å². The van der Waals surface area contributed by atoms with Gasteiger partial charge in [-0.2, -0.15) is 0 Å². The number of ketones is 1. The van der Waals surface area contributed by atoms with E-state index in [4.69, 9.17) is 28.1 Å². The zero-order valence-electron chi connectivity index (χ0n) is 31.6. The van der Waals surface area contributed by atoms with Crippen LogP contribution in [-0.4, -0.2) is 63.6 Å². The van der Waals surface area contributed by atoms with Gasteiger partial charge in [0.05, 0.1) is 13.2 Å². The van der Waals surface area contributed by atoms with E-state index in [1.165, 1.54) is 0 Å². The Balaban J connectivity index is 1.30. The van der Waals surface area contributed by atoms with E-state index in [1.807, 2.05) is 98.8 Å². The highest BCUT2D eigenvalue weighted by Crippen LogP contribution is 2.43. The van der Waals surface area contributed by atoms with Gasteiger partial charge in [0, 0.05) is 13.0 Å². The highest BCUT2D eigenvalue weighted by molar-refractivity contribution is 6.74. The van der Waals surface area contributed by atoms with Gasteiger partial charge in [-0.15, -0.1) is 0 Å². The first kappa shape index (κ1) is 38.3. The molecule has 8 heteroatoms. The lowest BCUT2D eigenvalue weighted by Crippen LogP contribution is -2.46. The average Bonchev–Trinajstić information content (AvgIpc) is 3.62. The summed E-state index contributed by atoms with van der Waals surface area (Å²) in [6, 6.07) is 40.6. The number of hydrogen-bond donors (Lipinski definition) is 0. The van der Waals surface area contributed by atoms with Crippen LogP contribution in [-0.2, 0) is 45.1 Å². The predicted molar refractivity (Wildman–Crippen MR) is 205 cm³/mol. The van der Waals surface area contributed by atoms with Crippen LogP contribution < -0.4 is 0 Å². The second kappa shape index (κ2) is 15.9. The van der Waals surface area contributed by atoms with Gasteiger partial charge in [-0.1, -0.05) is 142 Å². The zero-order valence-corrected chi connectivity index (χ0v) is 32.6. The molecule has 0 amide bonds. The standard InChI is InChI=1S/C44H54O7Si/c1-42(2,3)52(6,7)48-29-28-36-38(45)40(46-30-32-20-12-8-13-21-32)41(49-36)39-37(50-43(4,5)51-39)31-47-44(33-22-14-9-15-23-33,34-24-16-10-17-25-34)35-26-18-11-19-27-35/h8-27,36-37,39-41H,28-31H2,1-7H3/t36-,37+,39+,40+,41+/m1/s1. The lowest BCUT2D eigenvalue weighted by Gasteiger charge is -2.37. The number of hydrogen-bond acceptors (Lipinski definition) is 7.